The van der Waals surface area contributed by atoms with Crippen LogP contribution >= 0.6 is 0 Å². The lowest BCUT2D eigenvalue weighted by Gasteiger charge is -2.41. The predicted octanol–water partition coefficient (Wildman–Crippen LogP) is 2.19. The quantitative estimate of drug-likeness (QED) is 0.698. The molecule has 3 fully saturated rings. The molecule has 0 aromatic heterocycles. The van der Waals surface area contributed by atoms with Gasteiger partial charge in [0.25, 0.3) is 0 Å². The van der Waals surface area contributed by atoms with Crippen molar-refractivity contribution in [1.29, 1.82) is 0 Å². The third-order valence-electron chi connectivity index (χ3n) is 4.96. The first-order valence-electron chi connectivity index (χ1n) is 6.63. The summed E-state index contributed by atoms with van der Waals surface area (Å²) in [6, 6.07) is 0. The van der Waals surface area contributed by atoms with Gasteiger partial charge in [-0.3, -0.25) is 0 Å². The minimum Gasteiger partial charge on any atom is -0.380 e. The Balaban J connectivity index is 1.50. The number of fused-ring (bicyclic) bond motifs is 2. The molecular formula is C13H21O2Si. The Morgan fingerprint density at radius 2 is 2.06 bits per heavy atom. The molecule has 0 N–H and O–H groups in total. The van der Waals surface area contributed by atoms with Crippen LogP contribution < -0.4 is 0 Å². The van der Waals surface area contributed by atoms with Crippen LogP contribution in [0.3, 0.4) is 0 Å². The Morgan fingerprint density at radius 3 is 2.50 bits per heavy atom. The van der Waals surface area contributed by atoms with E-state index in [2.05, 4.69) is 17.2 Å². The zero-order chi connectivity index (χ0) is 11.2. The summed E-state index contributed by atoms with van der Waals surface area (Å²) in [4.78, 5) is 0. The highest BCUT2D eigenvalue weighted by Crippen LogP contribution is 2.51. The molecule has 3 radical (unpaired) electrons. The van der Waals surface area contributed by atoms with Crippen molar-refractivity contribution in [3.8, 4) is 0 Å². The van der Waals surface area contributed by atoms with Crippen molar-refractivity contribution in [3.63, 3.8) is 0 Å². The lowest BCUT2D eigenvalue weighted by Crippen LogP contribution is -2.46. The first-order chi connectivity index (χ1) is 7.72. The van der Waals surface area contributed by atoms with E-state index in [4.69, 9.17) is 9.47 Å². The summed E-state index contributed by atoms with van der Waals surface area (Å²) in [7, 11) is 3.83. The fourth-order valence-corrected chi connectivity index (χ4v) is 4.07. The number of ether oxygens (including phenoxy) is 2. The average molecular weight is 237 g/mol. The summed E-state index contributed by atoms with van der Waals surface area (Å²) in [5, 5.41) is 0. The van der Waals surface area contributed by atoms with Gasteiger partial charge in [0, 0.05) is 15.7 Å². The van der Waals surface area contributed by atoms with Gasteiger partial charge < -0.3 is 9.47 Å². The molecule has 1 saturated heterocycles. The van der Waals surface area contributed by atoms with Crippen LogP contribution in [0.1, 0.15) is 32.6 Å². The van der Waals surface area contributed by atoms with Crippen molar-refractivity contribution in [2.45, 2.75) is 44.3 Å². The van der Waals surface area contributed by atoms with Crippen LogP contribution in [0.15, 0.2) is 0 Å². The predicted molar refractivity (Wildman–Crippen MR) is 63.6 cm³/mol. The molecule has 3 heteroatoms. The second-order valence-electron chi connectivity index (χ2n) is 6.03. The maximum Gasteiger partial charge on any atom is 0.0606 e. The van der Waals surface area contributed by atoms with Gasteiger partial charge in [-0.1, -0.05) is 6.92 Å². The monoisotopic (exact) mass is 237 g/mol. The first-order valence-corrected chi connectivity index (χ1v) is 7.21. The maximum absolute atomic E-state index is 6.18. The van der Waals surface area contributed by atoms with Crippen molar-refractivity contribution in [1.82, 2.24) is 0 Å². The van der Waals surface area contributed by atoms with Crippen LogP contribution in [0.5, 0.6) is 0 Å². The molecule has 89 valence electrons. The summed E-state index contributed by atoms with van der Waals surface area (Å²) < 4.78 is 11.5. The SMILES string of the molecule is CCC1(COC2CC3CC2CC3[Si])COC1. The lowest BCUT2D eigenvalue weighted by atomic mass is 9.84. The topological polar surface area (TPSA) is 18.5 Å². The first kappa shape index (κ1) is 11.2. The largest absolute Gasteiger partial charge is 0.380 e. The number of hydrogen-bond acceptors (Lipinski definition) is 2. The van der Waals surface area contributed by atoms with Crippen LogP contribution in [0.2, 0.25) is 5.54 Å². The molecule has 1 heterocycles. The minimum absolute atomic E-state index is 0.356. The van der Waals surface area contributed by atoms with Gasteiger partial charge in [0.1, 0.15) is 0 Å². The molecule has 3 aliphatic rings. The lowest BCUT2D eigenvalue weighted by molar-refractivity contribution is -0.164. The fraction of sp³-hybridized carbons (Fsp3) is 1.00. The third kappa shape index (κ3) is 1.77. The Morgan fingerprint density at radius 1 is 1.25 bits per heavy atom. The third-order valence-corrected chi connectivity index (χ3v) is 5.67. The van der Waals surface area contributed by atoms with Crippen LogP contribution in [-0.2, 0) is 9.47 Å². The molecule has 0 aromatic rings. The van der Waals surface area contributed by atoms with Gasteiger partial charge in [-0.2, -0.15) is 0 Å². The van der Waals surface area contributed by atoms with E-state index in [0.29, 0.717) is 11.5 Å². The molecule has 4 atom stereocenters. The van der Waals surface area contributed by atoms with E-state index in [-0.39, 0.29) is 0 Å². The van der Waals surface area contributed by atoms with Gasteiger partial charge in [0.05, 0.1) is 25.9 Å². The zero-order valence-electron chi connectivity index (χ0n) is 10.1. The summed E-state index contributed by atoms with van der Waals surface area (Å²) in [5.74, 6) is 1.70. The van der Waals surface area contributed by atoms with Crippen LogP contribution in [-0.4, -0.2) is 36.2 Å². The second-order valence-corrected chi connectivity index (χ2v) is 6.77. The van der Waals surface area contributed by atoms with Gasteiger partial charge in [-0.05, 0) is 43.1 Å². The Bertz CT molecular complexity index is 257. The fourth-order valence-electron chi connectivity index (χ4n) is 3.49. The van der Waals surface area contributed by atoms with E-state index in [1.807, 2.05) is 0 Å². The molecule has 2 aliphatic carbocycles. The average Bonchev–Trinajstić information content (AvgIpc) is 2.75. The standard InChI is InChI=1S/C13H21O2Si/c1-2-13(6-14-7-13)8-15-11-4-10-3-9(11)5-12(10)16/h9-12H,2-8H2,1H3. The highest BCUT2D eigenvalue weighted by atomic mass is 28.1. The van der Waals surface area contributed by atoms with Gasteiger partial charge in [-0.15, -0.1) is 0 Å². The highest BCUT2D eigenvalue weighted by Gasteiger charge is 2.46. The molecule has 2 saturated carbocycles. The van der Waals surface area contributed by atoms with E-state index in [9.17, 15) is 0 Å². The van der Waals surface area contributed by atoms with Crippen LogP contribution in [0.4, 0.5) is 0 Å². The summed E-state index contributed by atoms with van der Waals surface area (Å²) in [6.07, 6.45) is 5.71. The number of hydrogen-bond donors (Lipinski definition) is 0. The van der Waals surface area contributed by atoms with Gasteiger partial charge >= 0.3 is 0 Å². The molecule has 16 heavy (non-hydrogen) atoms. The normalized spacial score (nSPS) is 44.6. The van der Waals surface area contributed by atoms with Crippen molar-refractivity contribution < 1.29 is 9.47 Å². The molecule has 0 amide bonds. The van der Waals surface area contributed by atoms with E-state index in [1.54, 1.807) is 0 Å². The Kier molecular flexibility index (Phi) is 2.89. The van der Waals surface area contributed by atoms with E-state index < -0.39 is 0 Å². The molecule has 3 rings (SSSR count). The van der Waals surface area contributed by atoms with E-state index >= 15 is 0 Å². The van der Waals surface area contributed by atoms with Gasteiger partial charge in [0.15, 0.2) is 0 Å². The second kappa shape index (κ2) is 4.11. The van der Waals surface area contributed by atoms with E-state index in [0.717, 1.165) is 37.2 Å². The van der Waals surface area contributed by atoms with Crippen molar-refractivity contribution in [2.24, 2.45) is 17.3 Å². The molecule has 1 aliphatic heterocycles. The van der Waals surface area contributed by atoms with Crippen LogP contribution in [0, 0.1) is 17.3 Å². The van der Waals surface area contributed by atoms with Crippen molar-refractivity contribution in [3.05, 3.63) is 0 Å². The van der Waals surface area contributed by atoms with Crippen LogP contribution in [0.25, 0.3) is 0 Å². The minimum atomic E-state index is 0.356. The zero-order valence-corrected chi connectivity index (χ0v) is 11.1. The molecule has 2 nitrogen and oxygen atoms in total. The van der Waals surface area contributed by atoms with Gasteiger partial charge in [-0.25, -0.2) is 0 Å². The van der Waals surface area contributed by atoms with Crippen molar-refractivity contribution in [2.75, 3.05) is 19.8 Å². The summed E-state index contributed by atoms with van der Waals surface area (Å²) >= 11 is 0. The Labute approximate surface area is 101 Å². The summed E-state index contributed by atoms with van der Waals surface area (Å²) in [6.45, 7) is 4.99. The smallest absolute Gasteiger partial charge is 0.0606 e. The number of rotatable bonds is 4. The van der Waals surface area contributed by atoms with Crippen molar-refractivity contribution >= 4 is 10.2 Å². The summed E-state index contributed by atoms with van der Waals surface area (Å²) in [5.41, 5.74) is 1.12. The maximum atomic E-state index is 6.18. The molecule has 0 spiro atoms. The molecule has 0 aromatic carbocycles. The molecular weight excluding hydrogens is 216 g/mol. The van der Waals surface area contributed by atoms with Gasteiger partial charge in [0.2, 0.25) is 0 Å². The molecule has 4 unspecified atom stereocenters. The Hall–Kier alpha value is 0.137. The highest BCUT2D eigenvalue weighted by molar-refractivity contribution is 6.12. The van der Waals surface area contributed by atoms with E-state index in [1.165, 1.54) is 25.7 Å². The molecule has 2 bridgehead atoms.